The SMILES string of the molecule is CCc1ccc(NC(=O)[C@@H](C)OC(=O)CSCc2cccs2)cc1. The Morgan fingerprint density at radius 1 is 1.25 bits per heavy atom. The predicted molar refractivity (Wildman–Crippen MR) is 100 cm³/mol. The van der Waals surface area contributed by atoms with Crippen LogP contribution in [0.25, 0.3) is 0 Å². The molecule has 0 radical (unpaired) electrons. The Hall–Kier alpha value is -1.79. The monoisotopic (exact) mass is 363 g/mol. The van der Waals surface area contributed by atoms with Gasteiger partial charge in [-0.25, -0.2) is 0 Å². The van der Waals surface area contributed by atoms with Crippen LogP contribution in [0.3, 0.4) is 0 Å². The van der Waals surface area contributed by atoms with Gasteiger partial charge in [-0.3, -0.25) is 9.59 Å². The van der Waals surface area contributed by atoms with Crippen LogP contribution in [-0.4, -0.2) is 23.7 Å². The van der Waals surface area contributed by atoms with Crippen LogP contribution in [0.4, 0.5) is 5.69 Å². The van der Waals surface area contributed by atoms with Crippen LogP contribution >= 0.6 is 23.1 Å². The van der Waals surface area contributed by atoms with E-state index < -0.39 is 6.10 Å². The molecule has 128 valence electrons. The lowest BCUT2D eigenvalue weighted by molar-refractivity contribution is -0.150. The highest BCUT2D eigenvalue weighted by Crippen LogP contribution is 2.17. The first kappa shape index (κ1) is 18.5. The maximum absolute atomic E-state index is 12.1. The Kier molecular flexibility index (Phi) is 7.34. The fraction of sp³-hybridized carbons (Fsp3) is 0.333. The van der Waals surface area contributed by atoms with E-state index in [9.17, 15) is 9.59 Å². The van der Waals surface area contributed by atoms with Gasteiger partial charge in [0.1, 0.15) is 0 Å². The molecule has 0 unspecified atom stereocenters. The molecule has 1 aromatic carbocycles. The summed E-state index contributed by atoms with van der Waals surface area (Å²) in [6, 6.07) is 11.6. The molecule has 0 aliphatic carbocycles. The number of nitrogens with one attached hydrogen (secondary N) is 1. The summed E-state index contributed by atoms with van der Waals surface area (Å²) in [7, 11) is 0. The number of carbonyl (C=O) groups is 2. The number of esters is 1. The van der Waals surface area contributed by atoms with Crippen LogP contribution < -0.4 is 5.32 Å². The van der Waals surface area contributed by atoms with Crippen molar-refractivity contribution in [2.24, 2.45) is 0 Å². The average molecular weight is 364 g/mol. The third kappa shape index (κ3) is 6.02. The summed E-state index contributed by atoms with van der Waals surface area (Å²) in [5, 5.41) is 4.76. The molecule has 0 saturated heterocycles. The molecule has 0 aliphatic heterocycles. The number of anilines is 1. The van der Waals surface area contributed by atoms with Gasteiger partial charge in [0.15, 0.2) is 6.10 Å². The van der Waals surface area contributed by atoms with Gasteiger partial charge in [0, 0.05) is 16.3 Å². The van der Waals surface area contributed by atoms with E-state index in [2.05, 4.69) is 12.2 Å². The number of aryl methyl sites for hydroxylation is 1. The van der Waals surface area contributed by atoms with E-state index in [1.54, 1.807) is 18.3 Å². The Morgan fingerprint density at radius 3 is 2.62 bits per heavy atom. The van der Waals surface area contributed by atoms with E-state index in [4.69, 9.17) is 4.74 Å². The van der Waals surface area contributed by atoms with Gasteiger partial charge in [0.05, 0.1) is 5.75 Å². The Bertz CT molecular complexity index is 653. The van der Waals surface area contributed by atoms with Crippen molar-refractivity contribution in [3.05, 3.63) is 52.2 Å². The van der Waals surface area contributed by atoms with E-state index in [0.29, 0.717) is 5.69 Å². The second-order valence-corrected chi connectivity index (χ2v) is 7.26. The molecule has 1 N–H and O–H groups in total. The van der Waals surface area contributed by atoms with Crippen molar-refractivity contribution >= 4 is 40.7 Å². The van der Waals surface area contributed by atoms with Crippen molar-refractivity contribution in [3.8, 4) is 0 Å². The van der Waals surface area contributed by atoms with Crippen molar-refractivity contribution in [3.63, 3.8) is 0 Å². The molecule has 0 fully saturated rings. The van der Waals surface area contributed by atoms with Crippen molar-refractivity contribution in [1.82, 2.24) is 0 Å². The summed E-state index contributed by atoms with van der Waals surface area (Å²) in [5.41, 5.74) is 1.91. The summed E-state index contributed by atoms with van der Waals surface area (Å²) in [5.74, 6) is 0.314. The fourth-order valence-electron chi connectivity index (χ4n) is 1.98. The van der Waals surface area contributed by atoms with Crippen molar-refractivity contribution < 1.29 is 14.3 Å². The zero-order chi connectivity index (χ0) is 17.4. The van der Waals surface area contributed by atoms with Crippen molar-refractivity contribution in [2.45, 2.75) is 32.1 Å². The topological polar surface area (TPSA) is 55.4 Å². The third-order valence-electron chi connectivity index (χ3n) is 3.35. The van der Waals surface area contributed by atoms with E-state index in [1.165, 1.54) is 22.2 Å². The minimum Gasteiger partial charge on any atom is -0.452 e. The minimum atomic E-state index is -0.814. The molecule has 0 bridgehead atoms. The highest BCUT2D eigenvalue weighted by atomic mass is 32.2. The largest absolute Gasteiger partial charge is 0.452 e. The lowest BCUT2D eigenvalue weighted by atomic mass is 10.1. The first-order chi connectivity index (χ1) is 11.6. The molecule has 4 nitrogen and oxygen atoms in total. The van der Waals surface area contributed by atoms with Crippen LogP contribution in [0.15, 0.2) is 41.8 Å². The molecule has 1 amide bonds. The van der Waals surface area contributed by atoms with Gasteiger partial charge in [-0.05, 0) is 42.5 Å². The molecule has 2 rings (SSSR count). The van der Waals surface area contributed by atoms with Gasteiger partial charge in [0.2, 0.25) is 0 Å². The standard InChI is InChI=1S/C18H21NO3S2/c1-3-14-6-8-15(9-7-14)19-18(21)13(2)22-17(20)12-23-11-16-5-4-10-24-16/h4-10,13H,3,11-12H2,1-2H3,(H,19,21)/t13-/m1/s1. The minimum absolute atomic E-state index is 0.237. The number of carbonyl (C=O) groups excluding carboxylic acids is 2. The Balaban J connectivity index is 1.72. The number of benzene rings is 1. The van der Waals surface area contributed by atoms with Crippen molar-refractivity contribution in [2.75, 3.05) is 11.1 Å². The Labute approximate surface area is 150 Å². The average Bonchev–Trinajstić information content (AvgIpc) is 3.08. The van der Waals surface area contributed by atoms with Crippen LogP contribution in [0.1, 0.15) is 24.3 Å². The molecule has 1 atom stereocenters. The zero-order valence-corrected chi connectivity index (χ0v) is 15.4. The number of amides is 1. The van der Waals surface area contributed by atoms with Crippen LogP contribution in [0, 0.1) is 0 Å². The summed E-state index contributed by atoms with van der Waals surface area (Å²) in [6.07, 6.45) is 0.136. The van der Waals surface area contributed by atoms with Gasteiger partial charge in [-0.1, -0.05) is 25.1 Å². The molecule has 0 saturated carbocycles. The van der Waals surface area contributed by atoms with Gasteiger partial charge < -0.3 is 10.1 Å². The molecule has 1 heterocycles. The highest BCUT2D eigenvalue weighted by molar-refractivity contribution is 7.99. The lowest BCUT2D eigenvalue weighted by Crippen LogP contribution is -2.30. The maximum Gasteiger partial charge on any atom is 0.316 e. The number of thiophene rings is 1. The van der Waals surface area contributed by atoms with Gasteiger partial charge in [-0.15, -0.1) is 23.1 Å². The van der Waals surface area contributed by atoms with Crippen molar-refractivity contribution in [1.29, 1.82) is 0 Å². The smallest absolute Gasteiger partial charge is 0.316 e. The summed E-state index contributed by atoms with van der Waals surface area (Å²) in [4.78, 5) is 25.1. The van der Waals surface area contributed by atoms with E-state index >= 15 is 0 Å². The third-order valence-corrected chi connectivity index (χ3v) is 5.37. The van der Waals surface area contributed by atoms with E-state index in [0.717, 1.165) is 12.2 Å². The van der Waals surface area contributed by atoms with E-state index in [-0.39, 0.29) is 17.6 Å². The second kappa shape index (κ2) is 9.49. The number of hydrogen-bond acceptors (Lipinski definition) is 5. The molecule has 0 aliphatic rings. The molecular weight excluding hydrogens is 342 g/mol. The molecule has 1 aromatic heterocycles. The lowest BCUT2D eigenvalue weighted by Gasteiger charge is -2.13. The van der Waals surface area contributed by atoms with Gasteiger partial charge >= 0.3 is 5.97 Å². The van der Waals surface area contributed by atoms with Gasteiger partial charge in [-0.2, -0.15) is 0 Å². The predicted octanol–water partition coefficient (Wildman–Crippen LogP) is 4.11. The number of ether oxygens (including phenoxy) is 1. The van der Waals surface area contributed by atoms with Crippen LogP contribution in [-0.2, 0) is 26.5 Å². The molecule has 0 spiro atoms. The number of hydrogen-bond donors (Lipinski definition) is 1. The highest BCUT2D eigenvalue weighted by Gasteiger charge is 2.17. The summed E-state index contributed by atoms with van der Waals surface area (Å²) >= 11 is 3.15. The quantitative estimate of drug-likeness (QED) is 0.717. The molecule has 2 aromatic rings. The normalized spacial score (nSPS) is 11.8. The first-order valence-electron chi connectivity index (χ1n) is 7.78. The fourth-order valence-corrected chi connectivity index (χ4v) is 3.63. The van der Waals surface area contributed by atoms with Gasteiger partial charge in [0.25, 0.3) is 5.91 Å². The maximum atomic E-state index is 12.1. The molecule has 24 heavy (non-hydrogen) atoms. The Morgan fingerprint density at radius 2 is 2.00 bits per heavy atom. The zero-order valence-electron chi connectivity index (χ0n) is 13.8. The second-order valence-electron chi connectivity index (χ2n) is 5.24. The summed E-state index contributed by atoms with van der Waals surface area (Å²) in [6.45, 7) is 3.66. The number of rotatable bonds is 8. The van der Waals surface area contributed by atoms with E-state index in [1.807, 2.05) is 41.8 Å². The van der Waals surface area contributed by atoms with Crippen LogP contribution in [0.5, 0.6) is 0 Å². The first-order valence-corrected chi connectivity index (χ1v) is 9.81. The van der Waals surface area contributed by atoms with Crippen LogP contribution in [0.2, 0.25) is 0 Å². The molecular formula is C18H21NO3S2. The number of thioether (sulfide) groups is 1. The molecule has 6 heteroatoms. The summed E-state index contributed by atoms with van der Waals surface area (Å²) < 4.78 is 5.18.